The van der Waals surface area contributed by atoms with E-state index in [0.717, 1.165) is 28.8 Å². The van der Waals surface area contributed by atoms with Gasteiger partial charge in [0, 0.05) is 25.2 Å². The third-order valence-electron chi connectivity index (χ3n) is 4.73. The van der Waals surface area contributed by atoms with Gasteiger partial charge in [-0.05, 0) is 50.8 Å². The first-order valence-corrected chi connectivity index (χ1v) is 9.55. The maximum atomic E-state index is 12.7. The predicted octanol–water partition coefficient (Wildman–Crippen LogP) is 4.45. The number of hydrogen-bond donors (Lipinski definition) is 1. The van der Waals surface area contributed by atoms with E-state index in [1.165, 1.54) is 5.56 Å². The van der Waals surface area contributed by atoms with Gasteiger partial charge in [0.2, 0.25) is 5.91 Å². The Kier molecular flexibility index (Phi) is 7.22. The molecule has 0 bridgehead atoms. The number of amides is 1. The summed E-state index contributed by atoms with van der Waals surface area (Å²) in [5.74, 6) is -0.231. The molecule has 1 N–H and O–H groups in total. The summed E-state index contributed by atoms with van der Waals surface area (Å²) in [6, 6.07) is 8.23. The predicted molar refractivity (Wildman–Crippen MR) is 107 cm³/mol. The van der Waals surface area contributed by atoms with Crippen LogP contribution in [0.3, 0.4) is 0 Å². The molecule has 0 unspecified atom stereocenters. The summed E-state index contributed by atoms with van der Waals surface area (Å²) >= 11 is 0. The lowest BCUT2D eigenvalue weighted by molar-refractivity contribution is -0.132. The van der Waals surface area contributed by atoms with Crippen molar-refractivity contribution in [3.63, 3.8) is 0 Å². The number of carbonyl (C=O) groups excluding carboxylic acids is 2. The first kappa shape index (κ1) is 20.7. The minimum Gasteiger partial charge on any atom is -0.461 e. The van der Waals surface area contributed by atoms with E-state index >= 15 is 0 Å². The van der Waals surface area contributed by atoms with Crippen molar-refractivity contribution in [3.05, 3.63) is 57.9 Å². The van der Waals surface area contributed by atoms with Crippen molar-refractivity contribution >= 4 is 11.9 Å². The highest BCUT2D eigenvalue weighted by Gasteiger charge is 2.22. The molecular weight excluding hydrogens is 340 g/mol. The van der Waals surface area contributed by atoms with E-state index in [9.17, 15) is 9.59 Å². The van der Waals surface area contributed by atoms with Crippen LogP contribution in [0.15, 0.2) is 24.3 Å². The number of nitrogens with zero attached hydrogens (tertiary/aromatic N) is 1. The molecule has 0 atom stereocenters. The van der Waals surface area contributed by atoms with E-state index in [2.05, 4.69) is 29.2 Å². The summed E-state index contributed by atoms with van der Waals surface area (Å²) in [6.45, 7) is 11.0. The molecule has 5 nitrogen and oxygen atoms in total. The fourth-order valence-electron chi connectivity index (χ4n) is 3.14. The van der Waals surface area contributed by atoms with E-state index in [1.54, 1.807) is 6.92 Å². The number of H-pyrrole nitrogens is 1. The van der Waals surface area contributed by atoms with Crippen LogP contribution in [0, 0.1) is 20.8 Å². The van der Waals surface area contributed by atoms with Crippen LogP contribution in [0.1, 0.15) is 65.1 Å². The monoisotopic (exact) mass is 370 g/mol. The average molecular weight is 370 g/mol. The van der Waals surface area contributed by atoms with Gasteiger partial charge < -0.3 is 14.6 Å². The van der Waals surface area contributed by atoms with E-state index in [4.69, 9.17) is 4.74 Å². The molecule has 0 spiro atoms. The molecule has 2 aromatic rings. The topological polar surface area (TPSA) is 62.4 Å². The number of benzene rings is 1. The van der Waals surface area contributed by atoms with E-state index in [-0.39, 0.29) is 11.9 Å². The number of esters is 1. The third kappa shape index (κ3) is 5.22. The van der Waals surface area contributed by atoms with Gasteiger partial charge in [-0.15, -0.1) is 0 Å². The standard InChI is InChI=1S/C22H30N2O3/c1-6-8-20(25)24(13-18-11-9-15(3)10-12-18)14-19-16(4)21(23-17(19)5)22(26)27-7-2/h9-12,23H,6-8,13-14H2,1-5H3. The number of aryl methyl sites for hydroxylation is 2. The molecule has 0 aliphatic heterocycles. The molecule has 0 saturated carbocycles. The van der Waals surface area contributed by atoms with Crippen LogP contribution in [0.5, 0.6) is 0 Å². The van der Waals surface area contributed by atoms with E-state index < -0.39 is 0 Å². The second kappa shape index (κ2) is 9.40. The number of aromatic amines is 1. The van der Waals surface area contributed by atoms with Gasteiger partial charge in [0.25, 0.3) is 0 Å². The quantitative estimate of drug-likeness (QED) is 0.699. The summed E-state index contributed by atoms with van der Waals surface area (Å²) in [6.07, 6.45) is 1.32. The van der Waals surface area contributed by atoms with Crippen LogP contribution in [-0.2, 0) is 22.6 Å². The molecule has 27 heavy (non-hydrogen) atoms. The average Bonchev–Trinajstić information content (AvgIpc) is 2.91. The maximum absolute atomic E-state index is 12.7. The number of carbonyl (C=O) groups is 2. The van der Waals surface area contributed by atoms with Gasteiger partial charge in [0.1, 0.15) is 5.69 Å². The summed E-state index contributed by atoms with van der Waals surface area (Å²) in [4.78, 5) is 29.9. The number of hydrogen-bond acceptors (Lipinski definition) is 3. The molecule has 1 aromatic heterocycles. The van der Waals surface area contributed by atoms with Gasteiger partial charge in [0.05, 0.1) is 6.61 Å². The fourth-order valence-corrected chi connectivity index (χ4v) is 3.14. The highest BCUT2D eigenvalue weighted by Crippen LogP contribution is 2.22. The van der Waals surface area contributed by atoms with Crippen LogP contribution >= 0.6 is 0 Å². The largest absolute Gasteiger partial charge is 0.461 e. The summed E-state index contributed by atoms with van der Waals surface area (Å²) in [7, 11) is 0. The Hall–Kier alpha value is -2.56. The Balaban J connectivity index is 2.28. The lowest BCUT2D eigenvalue weighted by Gasteiger charge is -2.23. The van der Waals surface area contributed by atoms with Crippen molar-refractivity contribution in [2.45, 2.75) is 60.5 Å². The van der Waals surface area contributed by atoms with Crippen molar-refractivity contribution in [2.24, 2.45) is 0 Å². The first-order valence-electron chi connectivity index (χ1n) is 9.55. The van der Waals surface area contributed by atoms with E-state index in [0.29, 0.717) is 31.8 Å². The highest BCUT2D eigenvalue weighted by atomic mass is 16.5. The smallest absolute Gasteiger partial charge is 0.355 e. The molecule has 0 aliphatic rings. The summed E-state index contributed by atoms with van der Waals surface area (Å²) in [5, 5.41) is 0. The van der Waals surface area contributed by atoms with Crippen molar-refractivity contribution in [3.8, 4) is 0 Å². The number of aromatic nitrogens is 1. The van der Waals surface area contributed by atoms with Crippen LogP contribution in [-0.4, -0.2) is 28.4 Å². The number of ether oxygens (including phenoxy) is 1. The Labute approximate surface area is 161 Å². The van der Waals surface area contributed by atoms with Gasteiger partial charge in [-0.2, -0.15) is 0 Å². The summed E-state index contributed by atoms with van der Waals surface area (Å²) < 4.78 is 5.12. The zero-order chi connectivity index (χ0) is 20.0. The second-order valence-electron chi connectivity index (χ2n) is 6.93. The SMILES string of the molecule is CCCC(=O)N(Cc1ccc(C)cc1)Cc1c(C)[nH]c(C(=O)OCC)c1C. The van der Waals surface area contributed by atoms with Gasteiger partial charge >= 0.3 is 5.97 Å². The molecule has 5 heteroatoms. The number of rotatable bonds is 8. The number of nitrogens with one attached hydrogen (secondary N) is 1. The first-order chi connectivity index (χ1) is 12.9. The molecule has 146 valence electrons. The van der Waals surface area contributed by atoms with Crippen LogP contribution in [0.25, 0.3) is 0 Å². The molecule has 1 amide bonds. The van der Waals surface area contributed by atoms with E-state index in [1.807, 2.05) is 32.6 Å². The van der Waals surface area contributed by atoms with Gasteiger partial charge in [-0.1, -0.05) is 36.8 Å². The molecule has 2 rings (SSSR count). The normalized spacial score (nSPS) is 10.7. The minimum atomic E-state index is -0.352. The Morgan fingerprint density at radius 3 is 2.30 bits per heavy atom. The fraction of sp³-hybridized carbons (Fsp3) is 0.455. The van der Waals surface area contributed by atoms with Crippen LogP contribution in [0.4, 0.5) is 0 Å². The van der Waals surface area contributed by atoms with Crippen molar-refractivity contribution in [2.75, 3.05) is 6.61 Å². The molecule has 0 saturated heterocycles. The van der Waals surface area contributed by atoms with Gasteiger partial charge in [0.15, 0.2) is 0 Å². The Bertz CT molecular complexity index is 791. The molecule has 0 aliphatic carbocycles. The van der Waals surface area contributed by atoms with Gasteiger partial charge in [-0.3, -0.25) is 4.79 Å². The van der Waals surface area contributed by atoms with Crippen LogP contribution < -0.4 is 0 Å². The Morgan fingerprint density at radius 1 is 1.04 bits per heavy atom. The third-order valence-corrected chi connectivity index (χ3v) is 4.73. The van der Waals surface area contributed by atoms with Crippen molar-refractivity contribution in [1.29, 1.82) is 0 Å². The van der Waals surface area contributed by atoms with Crippen molar-refractivity contribution < 1.29 is 14.3 Å². The molecule has 1 heterocycles. The maximum Gasteiger partial charge on any atom is 0.355 e. The summed E-state index contributed by atoms with van der Waals surface area (Å²) in [5.41, 5.74) is 5.50. The highest BCUT2D eigenvalue weighted by molar-refractivity contribution is 5.90. The molecule has 0 radical (unpaired) electrons. The zero-order valence-electron chi connectivity index (χ0n) is 17.0. The molecular formula is C22H30N2O3. The van der Waals surface area contributed by atoms with Crippen LogP contribution in [0.2, 0.25) is 0 Å². The second-order valence-corrected chi connectivity index (χ2v) is 6.93. The zero-order valence-corrected chi connectivity index (χ0v) is 17.0. The van der Waals surface area contributed by atoms with Gasteiger partial charge in [-0.25, -0.2) is 4.79 Å². The lowest BCUT2D eigenvalue weighted by Crippen LogP contribution is -2.30. The molecule has 1 aromatic carbocycles. The molecule has 0 fully saturated rings. The Morgan fingerprint density at radius 2 is 1.70 bits per heavy atom. The van der Waals surface area contributed by atoms with Crippen molar-refractivity contribution in [1.82, 2.24) is 9.88 Å². The lowest BCUT2D eigenvalue weighted by atomic mass is 10.1. The minimum absolute atomic E-state index is 0.121.